The Kier molecular flexibility index (Phi) is 5.03. The van der Waals surface area contributed by atoms with Crippen molar-refractivity contribution >= 4 is 15.9 Å². The lowest BCUT2D eigenvalue weighted by Crippen LogP contribution is -2.36. The van der Waals surface area contributed by atoms with E-state index in [9.17, 15) is 5.11 Å². The van der Waals surface area contributed by atoms with E-state index >= 15 is 0 Å². The fraction of sp³-hybridized carbons (Fsp3) is 0.571. The minimum Gasteiger partial charge on any atom is -0.508 e. The maximum atomic E-state index is 9.83. The van der Waals surface area contributed by atoms with E-state index in [-0.39, 0.29) is 0 Å². The van der Waals surface area contributed by atoms with Crippen LogP contribution in [0.5, 0.6) is 5.75 Å². The minimum absolute atomic E-state index is 0.380. The van der Waals surface area contributed by atoms with E-state index in [1.165, 1.54) is 0 Å². The third kappa shape index (κ3) is 3.70. The van der Waals surface area contributed by atoms with Gasteiger partial charge in [0.2, 0.25) is 0 Å². The number of benzene rings is 1. The molecule has 0 spiro atoms. The van der Waals surface area contributed by atoms with E-state index in [4.69, 9.17) is 4.74 Å². The number of rotatable bonds is 4. The Morgan fingerprint density at radius 1 is 1.39 bits per heavy atom. The Morgan fingerprint density at radius 3 is 2.78 bits per heavy atom. The number of halogens is 1. The van der Waals surface area contributed by atoms with Crippen LogP contribution in [0.1, 0.15) is 25.3 Å². The highest BCUT2D eigenvalue weighted by Gasteiger charge is 2.19. The van der Waals surface area contributed by atoms with Crippen molar-refractivity contribution in [2.75, 3.05) is 19.7 Å². The van der Waals surface area contributed by atoms with Gasteiger partial charge < -0.3 is 9.84 Å². The third-order valence-corrected chi connectivity index (χ3v) is 3.87. The van der Waals surface area contributed by atoms with Crippen molar-refractivity contribution in [1.82, 2.24) is 4.90 Å². The average Bonchev–Trinajstić information content (AvgIpc) is 2.37. The first-order chi connectivity index (χ1) is 8.69. The van der Waals surface area contributed by atoms with Crippen molar-refractivity contribution in [3.05, 3.63) is 28.2 Å². The summed E-state index contributed by atoms with van der Waals surface area (Å²) in [4.78, 5) is 2.37. The number of phenolic OH excluding ortho intramolecular Hbond substituents is 1. The maximum absolute atomic E-state index is 9.83. The summed E-state index contributed by atoms with van der Waals surface area (Å²) in [5.41, 5.74) is 0.985. The van der Waals surface area contributed by atoms with Gasteiger partial charge in [-0.25, -0.2) is 0 Å². The van der Waals surface area contributed by atoms with Gasteiger partial charge in [0.25, 0.3) is 0 Å². The van der Waals surface area contributed by atoms with Crippen LogP contribution in [0, 0.1) is 0 Å². The van der Waals surface area contributed by atoms with E-state index in [2.05, 4.69) is 20.8 Å². The van der Waals surface area contributed by atoms with Crippen LogP contribution in [0.4, 0.5) is 0 Å². The molecule has 1 aliphatic heterocycles. The van der Waals surface area contributed by atoms with Gasteiger partial charge in [-0.05, 0) is 38.0 Å². The Bertz CT molecular complexity index is 389. The summed E-state index contributed by atoms with van der Waals surface area (Å²) in [5, 5.41) is 9.83. The second-order valence-corrected chi connectivity index (χ2v) is 5.62. The molecule has 0 atom stereocenters. The standard InChI is InChI=1S/C14H20BrNO2/c1-2-18-13-5-7-16(8-6-13)10-11-9-12(15)3-4-14(11)17/h3-4,9,13,17H,2,5-8,10H2,1H3. The minimum atomic E-state index is 0.380. The second-order valence-electron chi connectivity index (χ2n) is 4.70. The molecule has 1 aliphatic rings. The summed E-state index contributed by atoms with van der Waals surface area (Å²) in [6.07, 6.45) is 2.59. The first kappa shape index (κ1) is 13.8. The van der Waals surface area contributed by atoms with Crippen molar-refractivity contribution in [2.45, 2.75) is 32.4 Å². The average molecular weight is 314 g/mol. The zero-order chi connectivity index (χ0) is 13.0. The predicted octanol–water partition coefficient (Wildman–Crippen LogP) is 3.16. The predicted molar refractivity (Wildman–Crippen MR) is 75.7 cm³/mol. The Hall–Kier alpha value is -0.580. The van der Waals surface area contributed by atoms with Gasteiger partial charge in [0.15, 0.2) is 0 Å². The lowest BCUT2D eigenvalue weighted by atomic mass is 10.1. The van der Waals surface area contributed by atoms with Gasteiger partial charge in [-0.3, -0.25) is 4.90 Å². The molecule has 3 nitrogen and oxygen atoms in total. The molecule has 0 aromatic heterocycles. The first-order valence-electron chi connectivity index (χ1n) is 6.50. The van der Waals surface area contributed by atoms with Gasteiger partial charge in [-0.1, -0.05) is 15.9 Å². The molecule has 0 bridgehead atoms. The van der Waals surface area contributed by atoms with Crippen molar-refractivity contribution in [2.24, 2.45) is 0 Å². The zero-order valence-electron chi connectivity index (χ0n) is 10.7. The molecule has 1 aromatic rings. The fourth-order valence-electron chi connectivity index (χ4n) is 2.39. The van der Waals surface area contributed by atoms with E-state index in [1.807, 2.05) is 19.1 Å². The fourth-order valence-corrected chi connectivity index (χ4v) is 2.80. The topological polar surface area (TPSA) is 32.7 Å². The SMILES string of the molecule is CCOC1CCN(Cc2cc(Br)ccc2O)CC1. The molecule has 1 fully saturated rings. The summed E-state index contributed by atoms with van der Waals surface area (Å²) in [6, 6.07) is 5.59. The molecule has 0 amide bonds. The first-order valence-corrected chi connectivity index (χ1v) is 7.29. The van der Waals surface area contributed by atoms with Crippen LogP contribution in [0.15, 0.2) is 22.7 Å². The van der Waals surface area contributed by atoms with Crippen LogP contribution in [-0.2, 0) is 11.3 Å². The largest absolute Gasteiger partial charge is 0.508 e. The van der Waals surface area contributed by atoms with Gasteiger partial charge in [0.1, 0.15) is 5.75 Å². The van der Waals surface area contributed by atoms with Crippen molar-refractivity contribution in [3.8, 4) is 5.75 Å². The number of hydrogen-bond acceptors (Lipinski definition) is 3. The second kappa shape index (κ2) is 6.55. The smallest absolute Gasteiger partial charge is 0.120 e. The number of piperidine rings is 1. The molecule has 18 heavy (non-hydrogen) atoms. The summed E-state index contributed by atoms with van der Waals surface area (Å²) in [5.74, 6) is 0.380. The third-order valence-electron chi connectivity index (χ3n) is 3.37. The summed E-state index contributed by atoms with van der Waals surface area (Å²) >= 11 is 3.44. The number of phenols is 1. The highest BCUT2D eigenvalue weighted by Crippen LogP contribution is 2.24. The van der Waals surface area contributed by atoms with Crippen LogP contribution < -0.4 is 0 Å². The molecule has 0 saturated carbocycles. The highest BCUT2D eigenvalue weighted by atomic mass is 79.9. The Labute approximate surface area is 117 Å². The van der Waals surface area contributed by atoms with Gasteiger partial charge in [0.05, 0.1) is 6.10 Å². The molecule has 1 heterocycles. The van der Waals surface area contributed by atoms with Crippen LogP contribution in [-0.4, -0.2) is 35.8 Å². The van der Waals surface area contributed by atoms with Gasteiger partial charge >= 0.3 is 0 Å². The number of likely N-dealkylation sites (tertiary alicyclic amines) is 1. The van der Waals surface area contributed by atoms with Crippen molar-refractivity contribution in [3.63, 3.8) is 0 Å². The highest BCUT2D eigenvalue weighted by molar-refractivity contribution is 9.10. The van der Waals surface area contributed by atoms with E-state index in [0.29, 0.717) is 11.9 Å². The monoisotopic (exact) mass is 313 g/mol. The number of ether oxygens (including phenoxy) is 1. The Morgan fingerprint density at radius 2 is 2.11 bits per heavy atom. The van der Waals surface area contributed by atoms with E-state index < -0.39 is 0 Å². The number of aromatic hydroxyl groups is 1. The van der Waals surface area contributed by atoms with Crippen molar-refractivity contribution < 1.29 is 9.84 Å². The Balaban J connectivity index is 1.89. The molecule has 0 aliphatic carbocycles. The molecule has 1 saturated heterocycles. The summed E-state index contributed by atoms with van der Waals surface area (Å²) in [7, 11) is 0. The molecule has 4 heteroatoms. The van der Waals surface area contributed by atoms with Crippen LogP contribution in [0.3, 0.4) is 0 Å². The normalized spacial score (nSPS) is 18.1. The molecule has 1 aromatic carbocycles. The molecule has 1 N–H and O–H groups in total. The van der Waals surface area contributed by atoms with Gasteiger partial charge in [-0.2, -0.15) is 0 Å². The lowest BCUT2D eigenvalue weighted by Gasteiger charge is -2.31. The van der Waals surface area contributed by atoms with Crippen LogP contribution >= 0.6 is 15.9 Å². The number of hydrogen-bond donors (Lipinski definition) is 1. The van der Waals surface area contributed by atoms with Crippen LogP contribution in [0.25, 0.3) is 0 Å². The maximum Gasteiger partial charge on any atom is 0.120 e. The molecule has 0 radical (unpaired) electrons. The summed E-state index contributed by atoms with van der Waals surface area (Å²) < 4.78 is 6.65. The van der Waals surface area contributed by atoms with Crippen molar-refractivity contribution in [1.29, 1.82) is 0 Å². The van der Waals surface area contributed by atoms with Gasteiger partial charge in [-0.15, -0.1) is 0 Å². The molecular formula is C14H20BrNO2. The zero-order valence-corrected chi connectivity index (χ0v) is 12.3. The van der Waals surface area contributed by atoms with E-state index in [0.717, 1.165) is 49.1 Å². The quantitative estimate of drug-likeness (QED) is 0.927. The number of nitrogens with zero attached hydrogens (tertiary/aromatic N) is 1. The lowest BCUT2D eigenvalue weighted by molar-refractivity contribution is 0.0124. The van der Waals surface area contributed by atoms with Crippen LogP contribution in [0.2, 0.25) is 0 Å². The molecule has 100 valence electrons. The molecule has 2 rings (SSSR count). The van der Waals surface area contributed by atoms with E-state index in [1.54, 1.807) is 6.07 Å². The van der Waals surface area contributed by atoms with Gasteiger partial charge in [0, 0.05) is 36.3 Å². The molecular weight excluding hydrogens is 294 g/mol. The molecule has 0 unspecified atom stereocenters. The summed E-state index contributed by atoms with van der Waals surface area (Å²) in [6.45, 7) is 5.74.